The minimum Gasteiger partial charge on any atom is -0.265 e. The van der Waals surface area contributed by atoms with Crippen molar-refractivity contribution in [1.29, 1.82) is 0 Å². The third-order valence-corrected chi connectivity index (χ3v) is 3.40. The molecule has 19 heavy (non-hydrogen) atoms. The minimum absolute atomic E-state index is 0.261. The lowest BCUT2D eigenvalue weighted by Crippen LogP contribution is -2.09. The standard InChI is InChI=1S/C14H14N4O/c1-8-4-5-11(6-9(8)2)18-7-12-10(3)15-16-14(19)13(12)17-18/h4-7H,1-3H3,(H,16,19). The minimum atomic E-state index is -0.261. The van der Waals surface area contributed by atoms with Crippen LogP contribution >= 0.6 is 0 Å². The van der Waals surface area contributed by atoms with E-state index in [9.17, 15) is 4.79 Å². The highest BCUT2D eigenvalue weighted by Crippen LogP contribution is 2.17. The lowest BCUT2D eigenvalue weighted by Gasteiger charge is -2.04. The Morgan fingerprint density at radius 3 is 2.63 bits per heavy atom. The Morgan fingerprint density at radius 2 is 1.95 bits per heavy atom. The van der Waals surface area contributed by atoms with Gasteiger partial charge in [0, 0.05) is 11.6 Å². The molecule has 3 rings (SSSR count). The van der Waals surface area contributed by atoms with Crippen LogP contribution in [0.1, 0.15) is 16.8 Å². The summed E-state index contributed by atoms with van der Waals surface area (Å²) >= 11 is 0. The second-order valence-electron chi connectivity index (χ2n) is 4.74. The molecule has 1 aromatic carbocycles. The average molecular weight is 254 g/mol. The van der Waals surface area contributed by atoms with E-state index < -0.39 is 0 Å². The topological polar surface area (TPSA) is 63.6 Å². The summed E-state index contributed by atoms with van der Waals surface area (Å²) in [4.78, 5) is 11.7. The predicted molar refractivity (Wildman–Crippen MR) is 73.7 cm³/mol. The fourth-order valence-corrected chi connectivity index (χ4v) is 2.05. The molecule has 0 aliphatic heterocycles. The molecule has 3 aromatic rings. The van der Waals surface area contributed by atoms with Gasteiger partial charge in [-0.3, -0.25) is 4.79 Å². The monoisotopic (exact) mass is 254 g/mol. The molecule has 0 spiro atoms. The van der Waals surface area contributed by atoms with Crippen molar-refractivity contribution in [1.82, 2.24) is 20.0 Å². The summed E-state index contributed by atoms with van der Waals surface area (Å²) in [5.41, 5.74) is 4.30. The second kappa shape index (κ2) is 4.05. The Kier molecular flexibility index (Phi) is 2.48. The molecule has 0 amide bonds. The average Bonchev–Trinajstić information content (AvgIpc) is 2.83. The van der Waals surface area contributed by atoms with Crippen LogP contribution in [0.25, 0.3) is 16.6 Å². The lowest BCUT2D eigenvalue weighted by atomic mass is 10.1. The van der Waals surface area contributed by atoms with Crippen LogP contribution in [0, 0.1) is 20.8 Å². The third kappa shape index (κ3) is 1.83. The fraction of sp³-hybridized carbons (Fsp3) is 0.214. The highest BCUT2D eigenvalue weighted by atomic mass is 16.1. The summed E-state index contributed by atoms with van der Waals surface area (Å²) in [7, 11) is 0. The van der Waals surface area contributed by atoms with Gasteiger partial charge in [0.05, 0.1) is 11.4 Å². The van der Waals surface area contributed by atoms with Crippen molar-refractivity contribution in [3.63, 3.8) is 0 Å². The first kappa shape index (κ1) is 11.6. The Hall–Kier alpha value is -2.43. The van der Waals surface area contributed by atoms with Crippen molar-refractivity contribution in [2.45, 2.75) is 20.8 Å². The number of H-pyrrole nitrogens is 1. The van der Waals surface area contributed by atoms with Gasteiger partial charge in [0.1, 0.15) is 0 Å². The SMILES string of the molecule is Cc1ccc(-n2cc3c(C)n[nH]c(=O)c3n2)cc1C. The van der Waals surface area contributed by atoms with Gasteiger partial charge in [-0.2, -0.15) is 10.2 Å². The van der Waals surface area contributed by atoms with Gasteiger partial charge in [0.2, 0.25) is 0 Å². The molecule has 0 atom stereocenters. The molecule has 2 aromatic heterocycles. The zero-order valence-electron chi connectivity index (χ0n) is 11.1. The fourth-order valence-electron chi connectivity index (χ4n) is 2.05. The van der Waals surface area contributed by atoms with E-state index in [2.05, 4.69) is 35.2 Å². The summed E-state index contributed by atoms with van der Waals surface area (Å²) < 4.78 is 1.72. The summed E-state index contributed by atoms with van der Waals surface area (Å²) in [6, 6.07) is 6.09. The number of hydrogen-bond donors (Lipinski definition) is 1. The second-order valence-corrected chi connectivity index (χ2v) is 4.74. The molecular formula is C14H14N4O. The molecule has 96 valence electrons. The Bertz CT molecular complexity index is 829. The van der Waals surface area contributed by atoms with Crippen LogP contribution in [0.5, 0.6) is 0 Å². The first-order valence-corrected chi connectivity index (χ1v) is 6.08. The highest BCUT2D eigenvalue weighted by molar-refractivity contribution is 5.79. The van der Waals surface area contributed by atoms with E-state index in [0.717, 1.165) is 16.8 Å². The van der Waals surface area contributed by atoms with Gasteiger partial charge in [0.25, 0.3) is 5.56 Å². The van der Waals surface area contributed by atoms with E-state index in [1.165, 1.54) is 11.1 Å². The van der Waals surface area contributed by atoms with Gasteiger partial charge < -0.3 is 0 Å². The molecule has 0 saturated heterocycles. The number of nitrogens with one attached hydrogen (secondary N) is 1. The van der Waals surface area contributed by atoms with E-state index in [4.69, 9.17) is 0 Å². The molecule has 0 fully saturated rings. The van der Waals surface area contributed by atoms with E-state index in [0.29, 0.717) is 5.52 Å². The molecule has 0 radical (unpaired) electrons. The van der Waals surface area contributed by atoms with Crippen LogP contribution in [-0.2, 0) is 0 Å². The number of rotatable bonds is 1. The van der Waals surface area contributed by atoms with Gasteiger partial charge in [-0.25, -0.2) is 9.78 Å². The maximum atomic E-state index is 11.7. The molecule has 5 nitrogen and oxygen atoms in total. The zero-order chi connectivity index (χ0) is 13.6. The van der Waals surface area contributed by atoms with Gasteiger partial charge in [-0.1, -0.05) is 6.07 Å². The summed E-state index contributed by atoms with van der Waals surface area (Å²) in [5, 5.41) is 11.5. The molecule has 0 aliphatic rings. The van der Waals surface area contributed by atoms with E-state index in [1.54, 1.807) is 4.68 Å². The van der Waals surface area contributed by atoms with Crippen LogP contribution in [0.3, 0.4) is 0 Å². The molecule has 2 heterocycles. The molecule has 1 N–H and O–H groups in total. The van der Waals surface area contributed by atoms with E-state index in [1.807, 2.05) is 25.3 Å². The summed E-state index contributed by atoms with van der Waals surface area (Å²) in [6.45, 7) is 5.98. The Labute approximate surface area is 109 Å². The molecule has 0 unspecified atom stereocenters. The molecule has 0 bridgehead atoms. The smallest absolute Gasteiger partial charge is 0.265 e. The van der Waals surface area contributed by atoms with Gasteiger partial charge in [-0.05, 0) is 44.0 Å². The van der Waals surface area contributed by atoms with Crippen LogP contribution < -0.4 is 5.56 Å². The van der Waals surface area contributed by atoms with Crippen LogP contribution in [0.4, 0.5) is 0 Å². The van der Waals surface area contributed by atoms with Gasteiger partial charge >= 0.3 is 0 Å². The number of benzene rings is 1. The molecule has 5 heteroatoms. The first-order valence-electron chi connectivity index (χ1n) is 6.08. The molecular weight excluding hydrogens is 240 g/mol. The number of aryl methyl sites for hydroxylation is 3. The van der Waals surface area contributed by atoms with E-state index >= 15 is 0 Å². The quantitative estimate of drug-likeness (QED) is 0.722. The zero-order valence-corrected chi connectivity index (χ0v) is 11.1. The highest BCUT2D eigenvalue weighted by Gasteiger charge is 2.09. The van der Waals surface area contributed by atoms with Crippen LogP contribution in [-0.4, -0.2) is 20.0 Å². The van der Waals surface area contributed by atoms with Crippen molar-refractivity contribution < 1.29 is 0 Å². The van der Waals surface area contributed by atoms with Gasteiger partial charge in [0.15, 0.2) is 5.52 Å². The van der Waals surface area contributed by atoms with Crippen LogP contribution in [0.15, 0.2) is 29.2 Å². The van der Waals surface area contributed by atoms with Crippen molar-refractivity contribution in [2.24, 2.45) is 0 Å². The predicted octanol–water partition coefficient (Wildman–Crippen LogP) is 2.03. The Balaban J connectivity index is 2.26. The Morgan fingerprint density at radius 1 is 1.16 bits per heavy atom. The maximum absolute atomic E-state index is 11.7. The van der Waals surface area contributed by atoms with E-state index in [-0.39, 0.29) is 5.56 Å². The number of fused-ring (bicyclic) bond motifs is 1. The third-order valence-electron chi connectivity index (χ3n) is 3.40. The van der Waals surface area contributed by atoms with Crippen molar-refractivity contribution >= 4 is 10.9 Å². The van der Waals surface area contributed by atoms with Gasteiger partial charge in [-0.15, -0.1) is 0 Å². The maximum Gasteiger partial charge on any atom is 0.292 e. The lowest BCUT2D eigenvalue weighted by molar-refractivity contribution is 0.888. The number of hydrogen-bond acceptors (Lipinski definition) is 3. The number of nitrogens with zero attached hydrogens (tertiary/aromatic N) is 3. The van der Waals surface area contributed by atoms with Crippen LogP contribution in [0.2, 0.25) is 0 Å². The van der Waals surface area contributed by atoms with Crippen molar-refractivity contribution in [3.05, 3.63) is 51.6 Å². The first-order chi connectivity index (χ1) is 9.06. The number of aromatic amines is 1. The summed E-state index contributed by atoms with van der Waals surface area (Å²) in [5.74, 6) is 0. The van der Waals surface area contributed by atoms with Crippen molar-refractivity contribution in [3.8, 4) is 5.69 Å². The van der Waals surface area contributed by atoms with Crippen molar-refractivity contribution in [2.75, 3.05) is 0 Å². The normalized spacial score (nSPS) is 11.1. The molecule has 0 saturated carbocycles. The largest absolute Gasteiger partial charge is 0.292 e. The molecule has 0 aliphatic carbocycles. The number of aromatic nitrogens is 4. The summed E-state index contributed by atoms with van der Waals surface area (Å²) in [6.07, 6.45) is 1.84.